The van der Waals surface area contributed by atoms with Gasteiger partial charge in [0.2, 0.25) is 11.7 Å². The highest BCUT2D eigenvalue weighted by Crippen LogP contribution is 2.23. The summed E-state index contributed by atoms with van der Waals surface area (Å²) in [6.45, 7) is 6.68. The molecule has 0 aliphatic rings. The fourth-order valence-electron chi connectivity index (χ4n) is 4.12. The van der Waals surface area contributed by atoms with Gasteiger partial charge in [-0.25, -0.2) is 0 Å². The maximum absolute atomic E-state index is 13.4. The smallest absolute Gasteiger partial charge is 0.263 e. The summed E-state index contributed by atoms with van der Waals surface area (Å²) in [4.78, 5) is 26.0. The predicted octanol–water partition coefficient (Wildman–Crippen LogP) is 5.26. The van der Waals surface area contributed by atoms with Crippen LogP contribution in [0.3, 0.4) is 0 Å². The maximum Gasteiger partial charge on any atom is 0.263 e. The van der Waals surface area contributed by atoms with E-state index in [1.54, 1.807) is 4.57 Å². The van der Waals surface area contributed by atoms with Gasteiger partial charge >= 0.3 is 0 Å². The van der Waals surface area contributed by atoms with E-state index >= 15 is 0 Å². The Bertz CT molecular complexity index is 1600. The quantitative estimate of drug-likeness (QED) is 0.311. The first-order valence-corrected chi connectivity index (χ1v) is 12.8. The molecule has 0 fully saturated rings. The van der Waals surface area contributed by atoms with Crippen molar-refractivity contribution in [2.75, 3.05) is 11.1 Å². The molecule has 2 aromatic heterocycles. The molecule has 182 valence electrons. The number of hydrogen-bond donors (Lipinski definition) is 1. The molecular weight excluding hydrogens is 470 g/mol. The van der Waals surface area contributed by atoms with Crippen molar-refractivity contribution in [1.29, 1.82) is 0 Å². The number of thioether (sulfide) groups is 1. The van der Waals surface area contributed by atoms with Crippen LogP contribution in [0.25, 0.3) is 16.7 Å². The first-order chi connectivity index (χ1) is 17.4. The monoisotopic (exact) mass is 497 g/mol. The van der Waals surface area contributed by atoms with Crippen molar-refractivity contribution in [3.05, 3.63) is 99.8 Å². The van der Waals surface area contributed by atoms with Crippen LogP contribution in [0.5, 0.6) is 0 Å². The lowest BCUT2D eigenvalue weighted by Crippen LogP contribution is -2.24. The van der Waals surface area contributed by atoms with Gasteiger partial charge in [-0.2, -0.15) is 0 Å². The Morgan fingerprint density at radius 2 is 1.69 bits per heavy atom. The lowest BCUT2D eigenvalue weighted by molar-refractivity contribution is -0.113. The molecule has 8 heteroatoms. The van der Waals surface area contributed by atoms with Crippen LogP contribution in [0.4, 0.5) is 5.69 Å². The van der Waals surface area contributed by atoms with E-state index in [0.717, 1.165) is 22.3 Å². The average Bonchev–Trinajstić information content (AvgIpc) is 3.31. The lowest BCUT2D eigenvalue weighted by atomic mass is 10.0. The molecule has 5 aromatic rings. The van der Waals surface area contributed by atoms with Crippen LogP contribution in [-0.4, -0.2) is 30.8 Å². The fourth-order valence-corrected chi connectivity index (χ4v) is 4.86. The standard InChI is InChI=1S/C28H27N5O2S/c1-18(2)21-12-14-22(15-13-21)29-25(34)17-36-28-31-30-27-32(16-20-10-8-19(3)9-11-20)26(35)23-6-4-5-7-24(23)33(27)28/h4-15,18H,16-17H2,1-3H3,(H,29,34). The zero-order chi connectivity index (χ0) is 25.2. The Morgan fingerprint density at radius 1 is 0.972 bits per heavy atom. The number of aromatic nitrogens is 4. The van der Waals surface area contributed by atoms with Gasteiger partial charge in [0.05, 0.1) is 23.2 Å². The van der Waals surface area contributed by atoms with Gasteiger partial charge in [0.1, 0.15) is 0 Å². The number of amides is 1. The van der Waals surface area contributed by atoms with E-state index < -0.39 is 0 Å². The molecule has 0 spiro atoms. The van der Waals surface area contributed by atoms with Gasteiger partial charge in [0, 0.05) is 5.69 Å². The largest absolute Gasteiger partial charge is 0.325 e. The summed E-state index contributed by atoms with van der Waals surface area (Å²) < 4.78 is 3.50. The number of carbonyl (C=O) groups is 1. The summed E-state index contributed by atoms with van der Waals surface area (Å²) in [6.07, 6.45) is 0. The van der Waals surface area contributed by atoms with Crippen molar-refractivity contribution in [1.82, 2.24) is 19.2 Å². The highest BCUT2D eigenvalue weighted by molar-refractivity contribution is 7.99. The second-order valence-electron chi connectivity index (χ2n) is 9.13. The van der Waals surface area contributed by atoms with Crippen molar-refractivity contribution in [3.63, 3.8) is 0 Å². The summed E-state index contributed by atoms with van der Waals surface area (Å²) in [6, 6.07) is 23.4. The van der Waals surface area contributed by atoms with Crippen molar-refractivity contribution >= 4 is 40.0 Å². The van der Waals surface area contributed by atoms with E-state index in [1.165, 1.54) is 17.3 Å². The number of nitrogens with one attached hydrogen (secondary N) is 1. The first kappa shape index (κ1) is 23.8. The van der Waals surface area contributed by atoms with Gasteiger partial charge in [0.15, 0.2) is 5.16 Å². The zero-order valence-electron chi connectivity index (χ0n) is 20.4. The molecule has 0 bridgehead atoms. The fraction of sp³-hybridized carbons (Fsp3) is 0.214. The molecule has 0 saturated carbocycles. The highest BCUT2D eigenvalue weighted by Gasteiger charge is 2.18. The number of aryl methyl sites for hydroxylation is 1. The normalized spacial score (nSPS) is 11.4. The first-order valence-electron chi connectivity index (χ1n) is 11.9. The number of anilines is 1. The topological polar surface area (TPSA) is 81.3 Å². The highest BCUT2D eigenvalue weighted by atomic mass is 32.2. The Kier molecular flexibility index (Phi) is 6.61. The van der Waals surface area contributed by atoms with Gasteiger partial charge in [-0.3, -0.25) is 18.6 Å². The third-order valence-electron chi connectivity index (χ3n) is 6.13. The van der Waals surface area contributed by atoms with Crippen LogP contribution in [0.1, 0.15) is 36.5 Å². The minimum absolute atomic E-state index is 0.120. The van der Waals surface area contributed by atoms with Gasteiger partial charge in [0.25, 0.3) is 5.56 Å². The molecule has 5 rings (SSSR count). The lowest BCUT2D eigenvalue weighted by Gasteiger charge is -2.12. The summed E-state index contributed by atoms with van der Waals surface area (Å²) in [5, 5.41) is 12.8. The Morgan fingerprint density at radius 3 is 2.42 bits per heavy atom. The summed E-state index contributed by atoms with van der Waals surface area (Å²) >= 11 is 1.29. The molecular formula is C28H27N5O2S. The molecule has 1 N–H and O–H groups in total. The van der Waals surface area contributed by atoms with Crippen LogP contribution in [-0.2, 0) is 11.3 Å². The van der Waals surface area contributed by atoms with Crippen molar-refractivity contribution < 1.29 is 4.79 Å². The second kappa shape index (κ2) is 9.99. The van der Waals surface area contributed by atoms with Crippen LogP contribution >= 0.6 is 11.8 Å². The van der Waals surface area contributed by atoms with Gasteiger partial charge in [-0.1, -0.05) is 79.7 Å². The van der Waals surface area contributed by atoms with E-state index in [-0.39, 0.29) is 17.2 Å². The van der Waals surface area contributed by atoms with Crippen LogP contribution in [0, 0.1) is 6.92 Å². The van der Waals surface area contributed by atoms with Crippen molar-refractivity contribution in [2.24, 2.45) is 0 Å². The zero-order valence-corrected chi connectivity index (χ0v) is 21.2. The molecule has 0 atom stereocenters. The van der Waals surface area contributed by atoms with Crippen LogP contribution in [0.15, 0.2) is 82.7 Å². The third-order valence-corrected chi connectivity index (χ3v) is 7.06. The van der Waals surface area contributed by atoms with Gasteiger partial charge in [-0.05, 0) is 48.2 Å². The molecule has 0 aliphatic heterocycles. The number of rotatable bonds is 7. The van der Waals surface area contributed by atoms with Crippen LogP contribution in [0.2, 0.25) is 0 Å². The summed E-state index contributed by atoms with van der Waals surface area (Å²) in [7, 11) is 0. The maximum atomic E-state index is 13.4. The molecule has 0 saturated heterocycles. The molecule has 7 nitrogen and oxygen atoms in total. The van der Waals surface area contributed by atoms with Gasteiger partial charge < -0.3 is 5.32 Å². The minimum Gasteiger partial charge on any atom is -0.325 e. The Hall–Kier alpha value is -3.91. The minimum atomic E-state index is -0.133. The predicted molar refractivity (Wildman–Crippen MR) is 145 cm³/mol. The van der Waals surface area contributed by atoms with E-state index in [2.05, 4.69) is 29.4 Å². The average molecular weight is 498 g/mol. The SMILES string of the molecule is Cc1ccc(Cn2c(=O)c3ccccc3n3c(SCC(=O)Nc4ccc(C(C)C)cc4)nnc23)cc1. The molecule has 0 unspecified atom stereocenters. The molecule has 36 heavy (non-hydrogen) atoms. The summed E-state index contributed by atoms with van der Waals surface area (Å²) in [5.74, 6) is 0.917. The Balaban J connectivity index is 1.44. The van der Waals surface area contributed by atoms with Gasteiger partial charge in [-0.15, -0.1) is 10.2 Å². The third kappa shape index (κ3) is 4.77. The molecule has 2 heterocycles. The van der Waals surface area contributed by atoms with Crippen molar-refractivity contribution in [3.8, 4) is 0 Å². The summed E-state index contributed by atoms with van der Waals surface area (Å²) in [5.41, 5.74) is 4.74. The Labute approximate surface area is 213 Å². The number of nitrogens with zero attached hydrogens (tertiary/aromatic N) is 4. The molecule has 1 amide bonds. The van der Waals surface area contributed by atoms with E-state index in [1.807, 2.05) is 84.1 Å². The molecule has 0 aliphatic carbocycles. The number of hydrogen-bond acceptors (Lipinski definition) is 5. The van der Waals surface area contributed by atoms with E-state index in [0.29, 0.717) is 28.8 Å². The molecule has 0 radical (unpaired) electrons. The van der Waals surface area contributed by atoms with E-state index in [4.69, 9.17) is 0 Å². The number of para-hydroxylation sites is 1. The van der Waals surface area contributed by atoms with E-state index in [9.17, 15) is 9.59 Å². The molecule has 3 aromatic carbocycles. The van der Waals surface area contributed by atoms with Crippen molar-refractivity contribution in [2.45, 2.75) is 38.4 Å². The second-order valence-corrected chi connectivity index (χ2v) is 10.1. The van der Waals surface area contributed by atoms with Crippen LogP contribution < -0.4 is 10.9 Å². The number of benzene rings is 3. The number of fused-ring (bicyclic) bond motifs is 3. The number of carbonyl (C=O) groups excluding carboxylic acids is 1.